The fourth-order valence-corrected chi connectivity index (χ4v) is 5.41. The molecular formula is C26H28N4O. The summed E-state index contributed by atoms with van der Waals surface area (Å²) in [7, 11) is 0. The first-order valence-corrected chi connectivity index (χ1v) is 11.6. The van der Waals surface area contributed by atoms with Gasteiger partial charge in [0.25, 0.3) is 0 Å². The van der Waals surface area contributed by atoms with E-state index in [9.17, 15) is 4.79 Å². The smallest absolute Gasteiger partial charge is 0.226 e. The van der Waals surface area contributed by atoms with E-state index in [1.807, 2.05) is 18.5 Å². The number of aliphatic imine (C=N–C) groups is 1. The van der Waals surface area contributed by atoms with Crippen molar-refractivity contribution < 1.29 is 4.79 Å². The van der Waals surface area contributed by atoms with E-state index in [-0.39, 0.29) is 0 Å². The van der Waals surface area contributed by atoms with E-state index >= 15 is 0 Å². The van der Waals surface area contributed by atoms with Crippen molar-refractivity contribution in [1.29, 1.82) is 0 Å². The van der Waals surface area contributed by atoms with Gasteiger partial charge in [-0.05, 0) is 73.6 Å². The number of piperazine rings is 1. The second kappa shape index (κ2) is 7.63. The van der Waals surface area contributed by atoms with Crippen LogP contribution in [0.3, 0.4) is 0 Å². The third-order valence-corrected chi connectivity index (χ3v) is 7.11. The summed E-state index contributed by atoms with van der Waals surface area (Å²) in [6, 6.07) is 13.8. The molecular weight excluding hydrogens is 384 g/mol. The Morgan fingerprint density at radius 1 is 1.10 bits per heavy atom. The van der Waals surface area contributed by atoms with Crippen LogP contribution in [0.4, 0.5) is 5.69 Å². The molecule has 3 aliphatic heterocycles. The molecule has 4 aliphatic rings. The van der Waals surface area contributed by atoms with Crippen molar-refractivity contribution in [3.8, 4) is 0 Å². The number of carbonyl (C=O) groups excluding carboxylic acids is 1. The molecule has 6 rings (SSSR count). The standard InChI is InChI=1S/C26H28N4O/c31-26(19-8-9-19)30-17-23-14-24(30)16-29(23)22-7-1-4-18(13-22)12-20-5-3-11-28-25(20)21-6-2-10-27-15-21/h1-2,4,6-7,10,12-13,15,19,23-24H,3,5,8-9,11,14,16-17H2/b20-12+/t23-,24-/m1/s1. The lowest BCUT2D eigenvalue weighted by atomic mass is 9.95. The molecule has 4 heterocycles. The summed E-state index contributed by atoms with van der Waals surface area (Å²) in [6.07, 6.45) is 11.5. The maximum Gasteiger partial charge on any atom is 0.226 e. The molecule has 3 fully saturated rings. The van der Waals surface area contributed by atoms with Crippen molar-refractivity contribution in [3.05, 3.63) is 65.5 Å². The highest BCUT2D eigenvalue weighted by Crippen LogP contribution is 2.39. The van der Waals surface area contributed by atoms with Crippen LogP contribution < -0.4 is 4.90 Å². The summed E-state index contributed by atoms with van der Waals surface area (Å²) in [5, 5.41) is 0. The Bertz CT molecular complexity index is 1060. The minimum atomic E-state index is 0.328. The van der Waals surface area contributed by atoms with E-state index in [4.69, 9.17) is 4.99 Å². The number of pyridine rings is 1. The second-order valence-corrected chi connectivity index (χ2v) is 9.30. The SMILES string of the molecule is O=C(C1CC1)N1C[C@H]2C[C@@H]1CN2c1cccc(/C=C2\CCCN=C2c2cccnc2)c1. The molecule has 2 saturated heterocycles. The average molecular weight is 413 g/mol. The molecule has 2 aromatic rings. The highest BCUT2D eigenvalue weighted by Gasteiger charge is 2.48. The van der Waals surface area contributed by atoms with Crippen LogP contribution in [-0.2, 0) is 4.79 Å². The number of hydrogen-bond donors (Lipinski definition) is 0. The van der Waals surface area contributed by atoms with Crippen LogP contribution in [0.1, 0.15) is 43.2 Å². The summed E-state index contributed by atoms with van der Waals surface area (Å²) in [6.45, 7) is 2.74. The topological polar surface area (TPSA) is 48.8 Å². The number of aromatic nitrogens is 1. The number of rotatable bonds is 4. The van der Waals surface area contributed by atoms with Gasteiger partial charge >= 0.3 is 0 Å². The molecule has 31 heavy (non-hydrogen) atoms. The lowest BCUT2D eigenvalue weighted by molar-refractivity contribution is -0.133. The zero-order chi connectivity index (χ0) is 20.8. The molecule has 2 atom stereocenters. The summed E-state index contributed by atoms with van der Waals surface area (Å²) >= 11 is 0. The Morgan fingerprint density at radius 2 is 2.03 bits per heavy atom. The van der Waals surface area contributed by atoms with Gasteiger partial charge in [0.15, 0.2) is 0 Å². The van der Waals surface area contributed by atoms with Gasteiger partial charge < -0.3 is 9.80 Å². The molecule has 0 unspecified atom stereocenters. The molecule has 1 amide bonds. The van der Waals surface area contributed by atoms with Gasteiger partial charge in [-0.25, -0.2) is 0 Å². The van der Waals surface area contributed by atoms with Crippen LogP contribution in [0.2, 0.25) is 0 Å². The molecule has 1 aromatic heterocycles. The zero-order valence-electron chi connectivity index (χ0n) is 17.8. The minimum Gasteiger partial charge on any atom is -0.365 e. The number of likely N-dealkylation sites (tertiary alicyclic amines) is 1. The molecule has 0 radical (unpaired) electrons. The number of nitrogens with zero attached hydrogens (tertiary/aromatic N) is 4. The summed E-state index contributed by atoms with van der Waals surface area (Å²) in [5.74, 6) is 0.735. The normalized spacial score (nSPS) is 26.5. The Labute approximate surface area is 183 Å². The van der Waals surface area contributed by atoms with Crippen LogP contribution in [0.15, 0.2) is 59.4 Å². The van der Waals surface area contributed by atoms with Crippen molar-refractivity contribution >= 4 is 23.4 Å². The first-order chi connectivity index (χ1) is 15.3. The van der Waals surface area contributed by atoms with Gasteiger partial charge in [0.1, 0.15) is 0 Å². The van der Waals surface area contributed by atoms with Gasteiger partial charge in [-0.3, -0.25) is 14.8 Å². The second-order valence-electron chi connectivity index (χ2n) is 9.30. The van der Waals surface area contributed by atoms with Crippen LogP contribution in [0.5, 0.6) is 0 Å². The number of fused-ring (bicyclic) bond motifs is 2. The van der Waals surface area contributed by atoms with Gasteiger partial charge in [0, 0.05) is 55.2 Å². The van der Waals surface area contributed by atoms with E-state index < -0.39 is 0 Å². The molecule has 1 aliphatic carbocycles. The number of hydrogen-bond acceptors (Lipinski definition) is 4. The fourth-order valence-electron chi connectivity index (χ4n) is 5.41. The molecule has 0 N–H and O–H groups in total. The predicted octanol–water partition coefficient (Wildman–Crippen LogP) is 3.95. The van der Waals surface area contributed by atoms with Crippen LogP contribution >= 0.6 is 0 Å². The van der Waals surface area contributed by atoms with Crippen LogP contribution in [0.25, 0.3) is 6.08 Å². The first-order valence-electron chi connectivity index (χ1n) is 11.6. The van der Waals surface area contributed by atoms with E-state index in [1.54, 1.807) is 0 Å². The quantitative estimate of drug-likeness (QED) is 0.764. The Hall–Kier alpha value is -2.95. The number of amides is 1. The number of benzene rings is 1. The third kappa shape index (κ3) is 3.56. The van der Waals surface area contributed by atoms with Crippen molar-refractivity contribution in [3.63, 3.8) is 0 Å². The Morgan fingerprint density at radius 3 is 2.81 bits per heavy atom. The predicted molar refractivity (Wildman–Crippen MR) is 123 cm³/mol. The highest BCUT2D eigenvalue weighted by molar-refractivity contribution is 6.15. The molecule has 2 bridgehead atoms. The third-order valence-electron chi connectivity index (χ3n) is 7.11. The molecule has 5 heteroatoms. The number of carbonyl (C=O) groups is 1. The van der Waals surface area contributed by atoms with Crippen LogP contribution in [0, 0.1) is 5.92 Å². The summed E-state index contributed by atoms with van der Waals surface area (Å²) in [5.41, 5.74) is 5.97. The molecule has 158 valence electrons. The van der Waals surface area contributed by atoms with E-state index in [0.29, 0.717) is 23.9 Å². The van der Waals surface area contributed by atoms with E-state index in [1.165, 1.54) is 16.8 Å². The van der Waals surface area contributed by atoms with Crippen LogP contribution in [-0.4, -0.2) is 53.2 Å². The monoisotopic (exact) mass is 412 g/mol. The van der Waals surface area contributed by atoms with Gasteiger partial charge in [-0.2, -0.15) is 0 Å². The number of anilines is 1. The van der Waals surface area contributed by atoms with Crippen molar-refractivity contribution in [2.24, 2.45) is 10.9 Å². The molecule has 5 nitrogen and oxygen atoms in total. The van der Waals surface area contributed by atoms with Crippen molar-refractivity contribution in [2.75, 3.05) is 24.5 Å². The van der Waals surface area contributed by atoms with E-state index in [2.05, 4.69) is 51.2 Å². The number of allylic oxidation sites excluding steroid dienone is 1. The van der Waals surface area contributed by atoms with Crippen molar-refractivity contribution in [1.82, 2.24) is 9.88 Å². The van der Waals surface area contributed by atoms with Gasteiger partial charge in [0.05, 0.1) is 11.8 Å². The Kier molecular flexibility index (Phi) is 4.62. The van der Waals surface area contributed by atoms with Gasteiger partial charge in [-0.15, -0.1) is 0 Å². The minimum absolute atomic E-state index is 0.328. The zero-order valence-corrected chi connectivity index (χ0v) is 17.8. The maximum atomic E-state index is 12.5. The molecule has 0 spiro atoms. The first kappa shape index (κ1) is 18.8. The van der Waals surface area contributed by atoms with E-state index in [0.717, 1.165) is 63.0 Å². The lowest BCUT2D eigenvalue weighted by Gasteiger charge is -2.36. The lowest BCUT2D eigenvalue weighted by Crippen LogP contribution is -2.49. The highest BCUT2D eigenvalue weighted by atomic mass is 16.2. The fraction of sp³-hybridized carbons (Fsp3) is 0.423. The Balaban J connectivity index is 1.23. The maximum absolute atomic E-state index is 12.5. The summed E-state index contributed by atoms with van der Waals surface area (Å²) < 4.78 is 0. The van der Waals surface area contributed by atoms with Gasteiger partial charge in [-0.1, -0.05) is 12.1 Å². The average Bonchev–Trinajstić information content (AvgIpc) is 3.47. The largest absolute Gasteiger partial charge is 0.365 e. The van der Waals surface area contributed by atoms with Gasteiger partial charge in [0.2, 0.25) is 5.91 Å². The summed E-state index contributed by atoms with van der Waals surface area (Å²) in [4.78, 5) is 26.3. The molecule has 1 saturated carbocycles. The van der Waals surface area contributed by atoms with Crippen molar-refractivity contribution in [2.45, 2.75) is 44.2 Å². The molecule has 1 aromatic carbocycles.